The third kappa shape index (κ3) is 3.01. The molecule has 0 fully saturated rings. The smallest absolute Gasteiger partial charge is 0.0497 e. The normalized spacial score (nSPS) is 12.0. The van der Waals surface area contributed by atoms with Gasteiger partial charge in [-0.3, -0.25) is 4.98 Å². The van der Waals surface area contributed by atoms with E-state index in [1.165, 1.54) is 16.7 Å². The Kier molecular flexibility index (Phi) is 4.08. The third-order valence-corrected chi connectivity index (χ3v) is 3.68. The molecule has 3 aromatic rings. The van der Waals surface area contributed by atoms with Gasteiger partial charge in [0, 0.05) is 24.4 Å². The first-order chi connectivity index (χ1) is 10.4. The van der Waals surface area contributed by atoms with Gasteiger partial charge < -0.3 is 5.73 Å². The molecule has 0 aliphatic heterocycles. The molecule has 1 atom stereocenters. The molecule has 2 heteroatoms. The second-order valence-corrected chi connectivity index (χ2v) is 5.03. The van der Waals surface area contributed by atoms with E-state index >= 15 is 0 Å². The highest BCUT2D eigenvalue weighted by Gasteiger charge is 2.14. The Hall–Kier alpha value is -2.45. The number of benzene rings is 2. The van der Waals surface area contributed by atoms with Crippen molar-refractivity contribution in [1.29, 1.82) is 0 Å². The van der Waals surface area contributed by atoms with Crippen LogP contribution in [0.4, 0.5) is 0 Å². The molecule has 21 heavy (non-hydrogen) atoms. The largest absolute Gasteiger partial charge is 0.329 e. The van der Waals surface area contributed by atoms with E-state index in [-0.39, 0.29) is 5.92 Å². The van der Waals surface area contributed by atoms with Gasteiger partial charge in [0.15, 0.2) is 0 Å². The van der Waals surface area contributed by atoms with Crippen molar-refractivity contribution in [3.05, 3.63) is 90.3 Å². The van der Waals surface area contributed by atoms with Crippen molar-refractivity contribution < 1.29 is 0 Å². The molecule has 0 aliphatic carbocycles. The molecule has 0 saturated carbocycles. The molecule has 0 bridgehead atoms. The highest BCUT2D eigenvalue weighted by molar-refractivity contribution is 5.63. The summed E-state index contributed by atoms with van der Waals surface area (Å²) in [6, 6.07) is 24.8. The Morgan fingerprint density at radius 3 is 2.14 bits per heavy atom. The lowest BCUT2D eigenvalue weighted by atomic mass is 9.93. The average Bonchev–Trinajstić information content (AvgIpc) is 2.58. The highest BCUT2D eigenvalue weighted by Crippen LogP contribution is 2.26. The van der Waals surface area contributed by atoms with Crippen LogP contribution in [0, 0.1) is 0 Å². The van der Waals surface area contributed by atoms with Crippen LogP contribution in [0.15, 0.2) is 79.0 Å². The first-order valence-electron chi connectivity index (χ1n) is 7.15. The summed E-state index contributed by atoms with van der Waals surface area (Å²) in [6.07, 6.45) is 1.86. The predicted octanol–water partition coefficient (Wildman–Crippen LogP) is 3.84. The molecule has 0 saturated heterocycles. The van der Waals surface area contributed by atoms with Crippen LogP contribution < -0.4 is 5.73 Å². The second kappa shape index (κ2) is 6.33. The van der Waals surface area contributed by atoms with Crippen LogP contribution in [0.1, 0.15) is 17.2 Å². The molecular formula is C19H18N2. The quantitative estimate of drug-likeness (QED) is 0.785. The number of hydrogen-bond acceptors (Lipinski definition) is 2. The molecule has 2 aromatic carbocycles. The van der Waals surface area contributed by atoms with Gasteiger partial charge in [0.2, 0.25) is 0 Å². The van der Waals surface area contributed by atoms with Gasteiger partial charge in [0.05, 0.1) is 0 Å². The number of aromatic nitrogens is 1. The molecule has 0 radical (unpaired) electrons. The second-order valence-electron chi connectivity index (χ2n) is 5.03. The predicted molar refractivity (Wildman–Crippen MR) is 87.0 cm³/mol. The van der Waals surface area contributed by atoms with Gasteiger partial charge >= 0.3 is 0 Å². The maximum absolute atomic E-state index is 5.99. The van der Waals surface area contributed by atoms with E-state index in [9.17, 15) is 0 Å². The Morgan fingerprint density at radius 1 is 0.810 bits per heavy atom. The molecule has 1 unspecified atom stereocenters. The van der Waals surface area contributed by atoms with Crippen LogP contribution in [-0.4, -0.2) is 11.5 Å². The van der Waals surface area contributed by atoms with Gasteiger partial charge in [-0.05, 0) is 28.8 Å². The summed E-state index contributed by atoms with van der Waals surface area (Å²) in [7, 11) is 0. The minimum Gasteiger partial charge on any atom is -0.329 e. The average molecular weight is 274 g/mol. The number of nitrogens with zero attached hydrogens (tertiary/aromatic N) is 1. The van der Waals surface area contributed by atoms with Crippen LogP contribution in [0.25, 0.3) is 11.1 Å². The lowest BCUT2D eigenvalue weighted by Gasteiger charge is -2.15. The van der Waals surface area contributed by atoms with Crippen molar-refractivity contribution in [2.75, 3.05) is 6.54 Å². The van der Waals surface area contributed by atoms with E-state index in [0.29, 0.717) is 6.54 Å². The monoisotopic (exact) mass is 274 g/mol. The molecule has 104 valence electrons. The SMILES string of the molecule is NCC(c1ccccc1)c1cc(-c2ccccc2)ccn1. The van der Waals surface area contributed by atoms with E-state index in [2.05, 4.69) is 35.3 Å². The number of rotatable bonds is 4. The highest BCUT2D eigenvalue weighted by atomic mass is 14.7. The van der Waals surface area contributed by atoms with E-state index in [0.717, 1.165) is 5.69 Å². The fourth-order valence-electron chi connectivity index (χ4n) is 2.56. The van der Waals surface area contributed by atoms with Crippen molar-refractivity contribution in [2.24, 2.45) is 5.73 Å². The molecule has 0 spiro atoms. The standard InChI is InChI=1S/C19H18N2/c20-14-18(16-9-5-2-6-10-16)19-13-17(11-12-21-19)15-7-3-1-4-8-15/h1-13,18H,14,20H2. The maximum Gasteiger partial charge on any atom is 0.0497 e. The minimum atomic E-state index is 0.134. The first kappa shape index (κ1) is 13.5. The minimum absolute atomic E-state index is 0.134. The Morgan fingerprint density at radius 2 is 1.48 bits per heavy atom. The summed E-state index contributed by atoms with van der Waals surface area (Å²) < 4.78 is 0. The molecule has 1 heterocycles. The Labute approximate surface area is 125 Å². The zero-order chi connectivity index (χ0) is 14.5. The summed E-state index contributed by atoms with van der Waals surface area (Å²) in [5, 5.41) is 0. The molecule has 0 amide bonds. The van der Waals surface area contributed by atoms with Crippen LogP contribution in [0.2, 0.25) is 0 Å². The Balaban J connectivity index is 1.99. The fraction of sp³-hybridized carbons (Fsp3) is 0.105. The zero-order valence-electron chi connectivity index (χ0n) is 11.8. The van der Waals surface area contributed by atoms with Crippen molar-refractivity contribution in [2.45, 2.75) is 5.92 Å². The van der Waals surface area contributed by atoms with E-state index in [1.54, 1.807) is 0 Å². The summed E-state index contributed by atoms with van der Waals surface area (Å²) in [6.45, 7) is 0.551. The van der Waals surface area contributed by atoms with Crippen LogP contribution >= 0.6 is 0 Å². The van der Waals surface area contributed by atoms with Gasteiger partial charge in [0.25, 0.3) is 0 Å². The van der Waals surface area contributed by atoms with E-state index in [1.807, 2.05) is 48.7 Å². The Bertz CT molecular complexity index is 693. The number of pyridine rings is 1. The number of hydrogen-bond donors (Lipinski definition) is 1. The molecule has 1 aromatic heterocycles. The van der Waals surface area contributed by atoms with E-state index in [4.69, 9.17) is 5.73 Å². The lowest BCUT2D eigenvalue weighted by molar-refractivity contribution is 0.788. The summed E-state index contributed by atoms with van der Waals surface area (Å²) >= 11 is 0. The topological polar surface area (TPSA) is 38.9 Å². The first-order valence-corrected chi connectivity index (χ1v) is 7.15. The molecule has 2 N–H and O–H groups in total. The molecular weight excluding hydrogens is 256 g/mol. The van der Waals surface area contributed by atoms with Gasteiger partial charge in [-0.2, -0.15) is 0 Å². The van der Waals surface area contributed by atoms with E-state index < -0.39 is 0 Å². The van der Waals surface area contributed by atoms with Gasteiger partial charge in [-0.15, -0.1) is 0 Å². The summed E-state index contributed by atoms with van der Waals surface area (Å²) in [5.41, 5.74) is 10.6. The fourth-order valence-corrected chi connectivity index (χ4v) is 2.56. The molecule has 2 nitrogen and oxygen atoms in total. The maximum atomic E-state index is 5.99. The lowest BCUT2D eigenvalue weighted by Crippen LogP contribution is -2.15. The van der Waals surface area contributed by atoms with Crippen molar-refractivity contribution in [3.8, 4) is 11.1 Å². The molecule has 0 aliphatic rings. The summed E-state index contributed by atoms with van der Waals surface area (Å²) in [4.78, 5) is 4.53. The van der Waals surface area contributed by atoms with Crippen LogP contribution in [0.3, 0.4) is 0 Å². The van der Waals surface area contributed by atoms with Crippen LogP contribution in [-0.2, 0) is 0 Å². The molecule has 3 rings (SSSR count). The number of nitrogens with two attached hydrogens (primary N) is 1. The zero-order valence-corrected chi connectivity index (χ0v) is 11.8. The van der Waals surface area contributed by atoms with Gasteiger partial charge in [-0.25, -0.2) is 0 Å². The van der Waals surface area contributed by atoms with Crippen molar-refractivity contribution in [1.82, 2.24) is 4.98 Å². The van der Waals surface area contributed by atoms with Crippen molar-refractivity contribution in [3.63, 3.8) is 0 Å². The summed E-state index contributed by atoms with van der Waals surface area (Å²) in [5.74, 6) is 0.134. The van der Waals surface area contributed by atoms with Crippen LogP contribution in [0.5, 0.6) is 0 Å². The third-order valence-electron chi connectivity index (χ3n) is 3.68. The van der Waals surface area contributed by atoms with Gasteiger partial charge in [-0.1, -0.05) is 60.7 Å². The van der Waals surface area contributed by atoms with Crippen molar-refractivity contribution >= 4 is 0 Å². The van der Waals surface area contributed by atoms with Gasteiger partial charge in [0.1, 0.15) is 0 Å².